The van der Waals surface area contributed by atoms with Crippen LogP contribution < -0.4 is 5.32 Å². The van der Waals surface area contributed by atoms with Gasteiger partial charge in [0, 0.05) is 12.0 Å². The zero-order valence-electron chi connectivity index (χ0n) is 17.9. The third-order valence-electron chi connectivity index (χ3n) is 5.70. The highest BCUT2D eigenvalue weighted by Crippen LogP contribution is 2.35. The predicted molar refractivity (Wildman–Crippen MR) is 121 cm³/mol. The number of nitrogens with one attached hydrogen (secondary N) is 1. The van der Waals surface area contributed by atoms with Gasteiger partial charge in [0.1, 0.15) is 0 Å². The van der Waals surface area contributed by atoms with Crippen molar-refractivity contribution in [2.45, 2.75) is 51.4 Å². The first-order valence-electron chi connectivity index (χ1n) is 10.9. The Morgan fingerprint density at radius 2 is 1.34 bits per heavy atom. The molecule has 4 heteroatoms. The maximum absolute atomic E-state index is 11.4. The molecule has 0 radical (unpaired) electrons. The molecule has 0 unspecified atom stereocenters. The van der Waals surface area contributed by atoms with Crippen LogP contribution in [0.4, 0.5) is 4.79 Å². The van der Waals surface area contributed by atoms with E-state index in [4.69, 9.17) is 0 Å². The first-order chi connectivity index (χ1) is 14.1. The number of rotatable bonds is 13. The van der Waals surface area contributed by atoms with Crippen LogP contribution in [0, 0.1) is 0 Å². The lowest BCUT2D eigenvalue weighted by molar-refractivity contribution is 0.189. The van der Waals surface area contributed by atoms with E-state index in [0.29, 0.717) is 6.54 Å². The summed E-state index contributed by atoms with van der Waals surface area (Å²) in [6.45, 7) is 7.97. The van der Waals surface area contributed by atoms with E-state index in [1.165, 1.54) is 25.7 Å². The van der Waals surface area contributed by atoms with Crippen LogP contribution in [-0.2, 0) is 5.41 Å². The van der Waals surface area contributed by atoms with Gasteiger partial charge in [0.15, 0.2) is 0 Å². The van der Waals surface area contributed by atoms with Gasteiger partial charge in [-0.25, -0.2) is 4.79 Å². The van der Waals surface area contributed by atoms with Crippen molar-refractivity contribution in [1.82, 2.24) is 10.2 Å². The van der Waals surface area contributed by atoms with E-state index >= 15 is 0 Å². The molecule has 0 aliphatic heterocycles. The van der Waals surface area contributed by atoms with Gasteiger partial charge in [-0.15, -0.1) is 0 Å². The van der Waals surface area contributed by atoms with Crippen LogP contribution in [0.3, 0.4) is 0 Å². The first-order valence-corrected chi connectivity index (χ1v) is 10.9. The highest BCUT2D eigenvalue weighted by atomic mass is 16.4. The van der Waals surface area contributed by atoms with Gasteiger partial charge in [-0.2, -0.15) is 0 Å². The van der Waals surface area contributed by atoms with Gasteiger partial charge in [-0.1, -0.05) is 87.4 Å². The third kappa shape index (κ3) is 6.90. The lowest BCUT2D eigenvalue weighted by Crippen LogP contribution is -2.44. The van der Waals surface area contributed by atoms with E-state index in [2.05, 4.69) is 48.3 Å². The summed E-state index contributed by atoms with van der Waals surface area (Å²) < 4.78 is 0. The van der Waals surface area contributed by atoms with Crippen LogP contribution in [0.2, 0.25) is 0 Å². The standard InChI is InChI=1S/C25H36N2O2/c1-3-5-18-27(19-6-4-2)20-17-25(21-26-24(28)29,22-13-9-7-10-14-22)23-15-11-8-12-16-23/h7-16,26H,3-6,17-21H2,1-2H3,(H,28,29). The Hall–Kier alpha value is -2.33. The molecule has 0 fully saturated rings. The van der Waals surface area contributed by atoms with Gasteiger partial charge >= 0.3 is 6.09 Å². The van der Waals surface area contributed by atoms with Crippen LogP contribution in [0.5, 0.6) is 0 Å². The molecule has 2 rings (SSSR count). The lowest BCUT2D eigenvalue weighted by atomic mass is 9.71. The van der Waals surface area contributed by atoms with E-state index in [-0.39, 0.29) is 0 Å². The van der Waals surface area contributed by atoms with Crippen molar-refractivity contribution < 1.29 is 9.90 Å². The fraction of sp³-hybridized carbons (Fsp3) is 0.480. The Morgan fingerprint density at radius 3 is 1.76 bits per heavy atom. The smallest absolute Gasteiger partial charge is 0.404 e. The quantitative estimate of drug-likeness (QED) is 0.468. The third-order valence-corrected chi connectivity index (χ3v) is 5.70. The van der Waals surface area contributed by atoms with Crippen molar-refractivity contribution in [2.24, 2.45) is 0 Å². The second-order valence-electron chi connectivity index (χ2n) is 7.77. The molecule has 2 N–H and O–H groups in total. The summed E-state index contributed by atoms with van der Waals surface area (Å²) in [5.74, 6) is 0. The van der Waals surface area contributed by atoms with Crippen LogP contribution in [0.15, 0.2) is 60.7 Å². The number of carbonyl (C=O) groups is 1. The highest BCUT2D eigenvalue weighted by molar-refractivity contribution is 5.65. The number of hydrogen-bond acceptors (Lipinski definition) is 2. The molecular formula is C25H36N2O2. The molecule has 0 aliphatic carbocycles. The zero-order valence-corrected chi connectivity index (χ0v) is 17.9. The molecule has 4 nitrogen and oxygen atoms in total. The molecular weight excluding hydrogens is 360 g/mol. The lowest BCUT2D eigenvalue weighted by Gasteiger charge is -2.37. The van der Waals surface area contributed by atoms with E-state index in [1.54, 1.807) is 0 Å². The number of benzene rings is 2. The fourth-order valence-corrected chi connectivity index (χ4v) is 3.94. The molecule has 0 spiro atoms. The minimum absolute atomic E-state index is 0.367. The van der Waals surface area contributed by atoms with Crippen molar-refractivity contribution in [3.63, 3.8) is 0 Å². The van der Waals surface area contributed by atoms with Crippen molar-refractivity contribution in [3.05, 3.63) is 71.8 Å². The number of unbranched alkanes of at least 4 members (excludes halogenated alkanes) is 2. The Bertz CT molecular complexity index is 656. The molecule has 158 valence electrons. The van der Waals surface area contributed by atoms with E-state index < -0.39 is 11.5 Å². The van der Waals surface area contributed by atoms with Crippen molar-refractivity contribution in [1.29, 1.82) is 0 Å². The van der Waals surface area contributed by atoms with Gasteiger partial charge < -0.3 is 15.3 Å². The summed E-state index contributed by atoms with van der Waals surface area (Å²) in [6, 6.07) is 20.7. The maximum Gasteiger partial charge on any atom is 0.404 e. The van der Waals surface area contributed by atoms with Crippen molar-refractivity contribution in [3.8, 4) is 0 Å². The van der Waals surface area contributed by atoms with Crippen molar-refractivity contribution in [2.75, 3.05) is 26.2 Å². The SMILES string of the molecule is CCCCN(CCCC)CCC(CNC(=O)O)(c1ccccc1)c1ccccc1. The summed E-state index contributed by atoms with van der Waals surface area (Å²) in [6.07, 6.45) is 4.66. The van der Waals surface area contributed by atoms with Crippen LogP contribution in [0.1, 0.15) is 57.1 Å². The second-order valence-corrected chi connectivity index (χ2v) is 7.77. The van der Waals surface area contributed by atoms with Gasteiger partial charge in [0.05, 0.1) is 0 Å². The van der Waals surface area contributed by atoms with Gasteiger partial charge in [-0.05, 0) is 50.0 Å². The normalized spacial score (nSPS) is 11.6. The van der Waals surface area contributed by atoms with Gasteiger partial charge in [-0.3, -0.25) is 0 Å². The first kappa shape index (κ1) is 23.0. The number of amides is 1. The highest BCUT2D eigenvalue weighted by Gasteiger charge is 2.35. The Balaban J connectivity index is 2.37. The minimum atomic E-state index is -0.977. The monoisotopic (exact) mass is 396 g/mol. The Morgan fingerprint density at radius 1 is 0.862 bits per heavy atom. The number of hydrogen-bond donors (Lipinski definition) is 2. The minimum Gasteiger partial charge on any atom is -0.465 e. The average Bonchev–Trinajstić information content (AvgIpc) is 2.76. The largest absolute Gasteiger partial charge is 0.465 e. The summed E-state index contributed by atoms with van der Waals surface area (Å²) in [5, 5.41) is 12.1. The van der Waals surface area contributed by atoms with E-state index in [9.17, 15) is 9.90 Å². The summed E-state index contributed by atoms with van der Waals surface area (Å²) >= 11 is 0. The molecule has 29 heavy (non-hydrogen) atoms. The average molecular weight is 397 g/mol. The maximum atomic E-state index is 11.4. The molecule has 2 aromatic rings. The molecule has 0 aliphatic rings. The number of nitrogens with zero attached hydrogens (tertiary/aromatic N) is 1. The van der Waals surface area contributed by atoms with Crippen molar-refractivity contribution >= 4 is 6.09 Å². The molecule has 2 aromatic carbocycles. The van der Waals surface area contributed by atoms with Crippen LogP contribution in [-0.4, -0.2) is 42.3 Å². The molecule has 0 aromatic heterocycles. The van der Waals surface area contributed by atoms with Crippen LogP contribution >= 0.6 is 0 Å². The topological polar surface area (TPSA) is 52.6 Å². The molecule has 0 saturated carbocycles. The fourth-order valence-electron chi connectivity index (χ4n) is 3.94. The molecule has 1 amide bonds. The molecule has 0 saturated heterocycles. The Kier molecular flexibility index (Phi) is 9.72. The van der Waals surface area contributed by atoms with Gasteiger partial charge in [0.25, 0.3) is 0 Å². The zero-order chi connectivity index (χ0) is 21.0. The second kappa shape index (κ2) is 12.3. The Labute approximate surface area is 175 Å². The van der Waals surface area contributed by atoms with E-state index in [0.717, 1.165) is 37.2 Å². The van der Waals surface area contributed by atoms with E-state index in [1.807, 2.05) is 36.4 Å². The van der Waals surface area contributed by atoms with Crippen LogP contribution in [0.25, 0.3) is 0 Å². The van der Waals surface area contributed by atoms with Gasteiger partial charge in [0.2, 0.25) is 0 Å². The summed E-state index contributed by atoms with van der Waals surface area (Å²) in [7, 11) is 0. The summed E-state index contributed by atoms with van der Waals surface area (Å²) in [4.78, 5) is 14.0. The molecule has 0 heterocycles. The number of carboxylic acid groups (broad SMARTS) is 1. The molecule has 0 atom stereocenters. The summed E-state index contributed by atoms with van der Waals surface area (Å²) in [5.41, 5.74) is 1.93. The molecule has 0 bridgehead atoms. The predicted octanol–water partition coefficient (Wildman–Crippen LogP) is 5.53.